The lowest BCUT2D eigenvalue weighted by Crippen LogP contribution is -2.50. The van der Waals surface area contributed by atoms with Gasteiger partial charge in [-0.1, -0.05) is 71.4 Å². The number of fused-ring (bicyclic) bond motifs is 1. The monoisotopic (exact) mass is 474 g/mol. The van der Waals surface area contributed by atoms with Crippen molar-refractivity contribution in [1.82, 2.24) is 0 Å². The molecular formula is C29H50O3Si. The molecular weight excluding hydrogens is 424 g/mol. The van der Waals surface area contributed by atoms with Gasteiger partial charge in [0.2, 0.25) is 0 Å². The summed E-state index contributed by atoms with van der Waals surface area (Å²) >= 11 is 0. The maximum Gasteiger partial charge on any atom is 0.192 e. The fourth-order valence-electron chi connectivity index (χ4n) is 6.46. The standard InChI is InChI=1S/C29H50O3Si/c1-22(15-16-24(20-30)31-21-23-12-9-8-10-13-23)25-17-18-26-27(14-11-19-29(25,26)5)32-33(6,7)28(2,3)4/h8-10,12-13,22,24-27,30H,11,14-21H2,1-7H3/t22-,24-,25-,26+,27+,29-/m1/s1. The fourth-order valence-corrected chi connectivity index (χ4v) is 7.85. The molecule has 0 unspecified atom stereocenters. The van der Waals surface area contributed by atoms with Gasteiger partial charge in [-0.15, -0.1) is 0 Å². The second kappa shape index (κ2) is 10.9. The third-order valence-electron chi connectivity index (χ3n) is 9.55. The number of hydrogen-bond donors (Lipinski definition) is 1. The van der Waals surface area contributed by atoms with Crippen LogP contribution in [0.3, 0.4) is 0 Å². The van der Waals surface area contributed by atoms with E-state index >= 15 is 0 Å². The molecule has 0 bridgehead atoms. The van der Waals surface area contributed by atoms with Crippen LogP contribution in [-0.4, -0.2) is 32.2 Å². The lowest BCUT2D eigenvalue weighted by Gasteiger charge is -2.50. The van der Waals surface area contributed by atoms with Gasteiger partial charge in [0.25, 0.3) is 0 Å². The summed E-state index contributed by atoms with van der Waals surface area (Å²) in [5.41, 5.74) is 1.56. The molecule has 3 rings (SSSR count). The maximum atomic E-state index is 9.89. The molecule has 2 aliphatic carbocycles. The highest BCUT2D eigenvalue weighted by Crippen LogP contribution is 2.59. The molecule has 1 N–H and O–H groups in total. The molecule has 33 heavy (non-hydrogen) atoms. The summed E-state index contributed by atoms with van der Waals surface area (Å²) in [6.07, 6.45) is 8.97. The SMILES string of the molecule is C[C@H](CC[C@H](CO)OCc1ccccc1)[C@H]1CC[C@H]2[C@@H](O[Si](C)(C)C(C)(C)C)CCC[C@]12C. The molecule has 0 aromatic heterocycles. The summed E-state index contributed by atoms with van der Waals surface area (Å²) in [7, 11) is -1.75. The van der Waals surface area contributed by atoms with Gasteiger partial charge >= 0.3 is 0 Å². The van der Waals surface area contributed by atoms with E-state index in [0.717, 1.165) is 18.8 Å². The number of aliphatic hydroxyl groups is 1. The van der Waals surface area contributed by atoms with Crippen molar-refractivity contribution in [1.29, 1.82) is 0 Å². The smallest absolute Gasteiger partial charge is 0.192 e. The summed E-state index contributed by atoms with van der Waals surface area (Å²) in [6, 6.07) is 10.3. The van der Waals surface area contributed by atoms with Crippen LogP contribution in [-0.2, 0) is 15.8 Å². The van der Waals surface area contributed by atoms with Crippen LogP contribution in [0.4, 0.5) is 0 Å². The van der Waals surface area contributed by atoms with Gasteiger partial charge in [0.15, 0.2) is 8.32 Å². The van der Waals surface area contributed by atoms with Crippen molar-refractivity contribution in [2.45, 2.75) is 117 Å². The van der Waals surface area contributed by atoms with Crippen LogP contribution in [0.25, 0.3) is 0 Å². The zero-order valence-electron chi connectivity index (χ0n) is 22.4. The average Bonchev–Trinajstić information content (AvgIpc) is 3.11. The molecule has 188 valence electrons. The van der Waals surface area contributed by atoms with Gasteiger partial charge in [-0.3, -0.25) is 0 Å². The highest BCUT2D eigenvalue weighted by atomic mass is 28.4. The van der Waals surface area contributed by atoms with Crippen molar-refractivity contribution in [2.24, 2.45) is 23.2 Å². The number of aliphatic hydroxyl groups excluding tert-OH is 1. The number of benzene rings is 1. The van der Waals surface area contributed by atoms with E-state index in [1.165, 1.54) is 37.7 Å². The molecule has 2 saturated carbocycles. The second-order valence-electron chi connectivity index (χ2n) is 12.8. The molecule has 6 atom stereocenters. The molecule has 0 heterocycles. The Morgan fingerprint density at radius 2 is 1.79 bits per heavy atom. The Morgan fingerprint density at radius 3 is 2.42 bits per heavy atom. The Kier molecular flexibility index (Phi) is 8.91. The van der Waals surface area contributed by atoms with E-state index in [1.54, 1.807) is 0 Å². The third-order valence-corrected chi connectivity index (χ3v) is 14.1. The molecule has 0 aliphatic heterocycles. The molecule has 0 amide bonds. The van der Waals surface area contributed by atoms with Crippen LogP contribution < -0.4 is 0 Å². The lowest BCUT2D eigenvalue weighted by molar-refractivity contribution is -0.0287. The van der Waals surface area contributed by atoms with E-state index in [1.807, 2.05) is 18.2 Å². The quantitative estimate of drug-likeness (QED) is 0.355. The summed E-state index contributed by atoms with van der Waals surface area (Å²) in [6.45, 7) is 17.6. The summed E-state index contributed by atoms with van der Waals surface area (Å²) in [5, 5.41) is 10.2. The summed E-state index contributed by atoms with van der Waals surface area (Å²) < 4.78 is 13.1. The zero-order valence-corrected chi connectivity index (χ0v) is 23.4. The van der Waals surface area contributed by atoms with Gasteiger partial charge in [-0.25, -0.2) is 0 Å². The first-order valence-electron chi connectivity index (χ1n) is 13.4. The van der Waals surface area contributed by atoms with Gasteiger partial charge < -0.3 is 14.3 Å². The molecule has 4 heteroatoms. The number of rotatable bonds is 10. The van der Waals surface area contributed by atoms with E-state index in [2.05, 4.69) is 59.8 Å². The molecule has 0 spiro atoms. The Bertz CT molecular complexity index is 728. The molecule has 0 saturated heterocycles. The Balaban J connectivity index is 1.57. The topological polar surface area (TPSA) is 38.7 Å². The lowest BCUT2D eigenvalue weighted by atomic mass is 9.61. The minimum Gasteiger partial charge on any atom is -0.414 e. The zero-order chi connectivity index (χ0) is 24.3. The van der Waals surface area contributed by atoms with Gasteiger partial charge in [0.05, 0.1) is 19.3 Å². The minimum absolute atomic E-state index is 0.0707. The van der Waals surface area contributed by atoms with Crippen molar-refractivity contribution in [3.63, 3.8) is 0 Å². The molecule has 3 nitrogen and oxygen atoms in total. The number of ether oxygens (including phenoxy) is 1. The van der Waals surface area contributed by atoms with Crippen LogP contribution in [0.15, 0.2) is 30.3 Å². The van der Waals surface area contributed by atoms with Gasteiger partial charge in [0, 0.05) is 6.10 Å². The largest absolute Gasteiger partial charge is 0.414 e. The highest BCUT2D eigenvalue weighted by molar-refractivity contribution is 6.74. The van der Waals surface area contributed by atoms with E-state index in [0.29, 0.717) is 30.0 Å². The first-order valence-corrected chi connectivity index (χ1v) is 16.3. The Labute approximate surface area is 204 Å². The number of hydrogen-bond acceptors (Lipinski definition) is 3. The van der Waals surface area contributed by atoms with E-state index in [4.69, 9.17) is 9.16 Å². The summed E-state index contributed by atoms with van der Waals surface area (Å²) in [4.78, 5) is 0. The van der Waals surface area contributed by atoms with E-state index in [9.17, 15) is 5.11 Å². The molecule has 0 radical (unpaired) electrons. The van der Waals surface area contributed by atoms with Crippen molar-refractivity contribution >= 4 is 8.32 Å². The molecule has 2 fully saturated rings. The van der Waals surface area contributed by atoms with E-state index in [-0.39, 0.29) is 17.7 Å². The van der Waals surface area contributed by atoms with E-state index < -0.39 is 8.32 Å². The van der Waals surface area contributed by atoms with Crippen LogP contribution >= 0.6 is 0 Å². The predicted octanol–water partition coefficient (Wildman–Crippen LogP) is 7.59. The fraction of sp³-hybridized carbons (Fsp3) is 0.793. The highest BCUT2D eigenvalue weighted by Gasteiger charge is 2.54. The maximum absolute atomic E-state index is 9.89. The molecule has 2 aliphatic rings. The van der Waals surface area contributed by atoms with Crippen molar-refractivity contribution in [3.05, 3.63) is 35.9 Å². The first kappa shape index (κ1) is 26.9. The van der Waals surface area contributed by atoms with Crippen molar-refractivity contribution in [3.8, 4) is 0 Å². The van der Waals surface area contributed by atoms with Crippen LogP contribution in [0.5, 0.6) is 0 Å². The third kappa shape index (κ3) is 6.31. The summed E-state index contributed by atoms with van der Waals surface area (Å²) in [5.74, 6) is 2.11. The molecule has 1 aromatic rings. The van der Waals surface area contributed by atoms with Gasteiger partial charge in [-0.2, -0.15) is 0 Å². The van der Waals surface area contributed by atoms with Crippen molar-refractivity contribution in [2.75, 3.05) is 6.61 Å². The normalized spacial score (nSPS) is 30.1. The molecule has 1 aromatic carbocycles. The Hall–Kier alpha value is -0.683. The van der Waals surface area contributed by atoms with Gasteiger partial charge in [0.1, 0.15) is 0 Å². The average molecular weight is 475 g/mol. The second-order valence-corrected chi connectivity index (χ2v) is 17.5. The van der Waals surface area contributed by atoms with Crippen LogP contribution in [0, 0.1) is 23.2 Å². The van der Waals surface area contributed by atoms with Crippen LogP contribution in [0.1, 0.15) is 85.1 Å². The minimum atomic E-state index is -1.75. The first-order chi connectivity index (χ1) is 15.5. The predicted molar refractivity (Wildman–Crippen MR) is 141 cm³/mol. The van der Waals surface area contributed by atoms with Gasteiger partial charge in [-0.05, 0) is 85.4 Å². The van der Waals surface area contributed by atoms with Crippen molar-refractivity contribution < 1.29 is 14.3 Å². The van der Waals surface area contributed by atoms with Crippen LogP contribution in [0.2, 0.25) is 18.1 Å². The Morgan fingerprint density at radius 1 is 1.09 bits per heavy atom.